The molecule has 4 aromatic rings. The smallest absolute Gasteiger partial charge is 0.201 e. The number of aromatic nitrogens is 1. The van der Waals surface area contributed by atoms with Crippen LogP contribution in [0.3, 0.4) is 0 Å². The Bertz CT molecular complexity index is 1140. The van der Waals surface area contributed by atoms with Gasteiger partial charge in [0.05, 0.1) is 0 Å². The van der Waals surface area contributed by atoms with E-state index in [1.807, 2.05) is 0 Å². The van der Waals surface area contributed by atoms with Crippen molar-refractivity contribution in [1.29, 1.82) is 0 Å². The Hall–Kier alpha value is -3.19. The van der Waals surface area contributed by atoms with Gasteiger partial charge < -0.3 is 0 Å². The second-order valence-corrected chi connectivity index (χ2v) is 7.57. The van der Waals surface area contributed by atoms with E-state index in [1.54, 1.807) is 0 Å². The molecule has 0 spiro atoms. The van der Waals surface area contributed by atoms with Crippen LogP contribution >= 0.6 is 0 Å². The van der Waals surface area contributed by atoms with Gasteiger partial charge in [-0.2, -0.15) is 0 Å². The minimum Gasteiger partial charge on any atom is -0.201 e. The van der Waals surface area contributed by atoms with E-state index >= 15 is 0 Å². The van der Waals surface area contributed by atoms with Gasteiger partial charge in [0.2, 0.25) is 5.69 Å². The third-order valence-corrected chi connectivity index (χ3v) is 5.57. The maximum Gasteiger partial charge on any atom is 0.212 e. The van der Waals surface area contributed by atoms with E-state index in [4.69, 9.17) is 0 Å². The molecule has 0 saturated heterocycles. The van der Waals surface area contributed by atoms with Crippen LogP contribution in [0.4, 0.5) is 0 Å². The van der Waals surface area contributed by atoms with Gasteiger partial charge in [-0.1, -0.05) is 60.2 Å². The molecular weight excluding hydrogens is 338 g/mol. The van der Waals surface area contributed by atoms with E-state index in [0.29, 0.717) is 0 Å². The number of hydrogen-bond donors (Lipinski definition) is 0. The number of rotatable bonds is 3. The zero-order chi connectivity index (χ0) is 19.7. The molecule has 138 valence electrons. The molecule has 0 unspecified atom stereocenters. The fourth-order valence-corrected chi connectivity index (χ4v) is 3.90. The molecule has 28 heavy (non-hydrogen) atoms. The number of benzene rings is 3. The number of pyridine rings is 1. The monoisotopic (exact) mass is 364 g/mol. The number of nitrogens with zero attached hydrogens (tertiary/aromatic N) is 1. The van der Waals surface area contributed by atoms with Gasteiger partial charge in [-0.05, 0) is 66.3 Å². The Kier molecular flexibility index (Phi) is 4.83. The van der Waals surface area contributed by atoms with Gasteiger partial charge in [0.1, 0.15) is 7.05 Å². The summed E-state index contributed by atoms with van der Waals surface area (Å²) in [4.78, 5) is 0. The van der Waals surface area contributed by atoms with Crippen molar-refractivity contribution >= 4 is 0 Å². The zero-order valence-electron chi connectivity index (χ0n) is 17.0. The Morgan fingerprint density at radius 3 is 2.04 bits per heavy atom. The summed E-state index contributed by atoms with van der Waals surface area (Å²) in [5.74, 6) is 0. The molecule has 0 saturated carbocycles. The van der Waals surface area contributed by atoms with Crippen LogP contribution in [0.25, 0.3) is 33.5 Å². The minimum absolute atomic E-state index is 1.23. The second-order valence-electron chi connectivity index (χ2n) is 7.57. The van der Waals surface area contributed by atoms with Gasteiger partial charge in [-0.25, -0.2) is 4.57 Å². The molecule has 0 fully saturated rings. The number of aryl methyl sites for hydroxylation is 3. The van der Waals surface area contributed by atoms with Crippen molar-refractivity contribution in [2.75, 3.05) is 0 Å². The predicted octanol–water partition coefficient (Wildman–Crippen LogP) is 6.44. The van der Waals surface area contributed by atoms with Crippen molar-refractivity contribution in [2.24, 2.45) is 7.05 Å². The summed E-state index contributed by atoms with van der Waals surface area (Å²) in [6.45, 7) is 6.56. The van der Waals surface area contributed by atoms with Crippen molar-refractivity contribution in [3.05, 3.63) is 102 Å². The van der Waals surface area contributed by atoms with Crippen LogP contribution < -0.4 is 4.57 Å². The van der Waals surface area contributed by atoms with Gasteiger partial charge in [-0.15, -0.1) is 0 Å². The summed E-state index contributed by atoms with van der Waals surface area (Å²) in [5, 5.41) is 0. The zero-order valence-corrected chi connectivity index (χ0v) is 17.0. The third-order valence-electron chi connectivity index (χ3n) is 5.57. The lowest BCUT2D eigenvalue weighted by Gasteiger charge is -2.14. The van der Waals surface area contributed by atoms with Crippen molar-refractivity contribution in [3.8, 4) is 33.5 Å². The predicted molar refractivity (Wildman–Crippen MR) is 118 cm³/mol. The molecule has 0 aliphatic rings. The van der Waals surface area contributed by atoms with Crippen LogP contribution in [0.1, 0.15) is 16.7 Å². The Balaban J connectivity index is 1.79. The van der Waals surface area contributed by atoms with Crippen molar-refractivity contribution in [3.63, 3.8) is 0 Å². The van der Waals surface area contributed by atoms with Crippen LogP contribution in [0.2, 0.25) is 0 Å². The summed E-state index contributed by atoms with van der Waals surface area (Å²) < 4.78 is 2.18. The SMILES string of the molecule is Cc1ccc(-c2ccc(-c3cccc(-c4cccc[n+]4C)c3C)c(C)c2)cc1. The lowest BCUT2D eigenvalue weighted by Crippen LogP contribution is -2.30. The molecule has 4 rings (SSSR count). The molecule has 1 heterocycles. The molecular formula is C27H26N+. The van der Waals surface area contributed by atoms with E-state index in [2.05, 4.69) is 117 Å². The summed E-state index contributed by atoms with van der Waals surface area (Å²) in [6, 6.07) is 28.5. The maximum atomic E-state index is 2.30. The van der Waals surface area contributed by atoms with Gasteiger partial charge in [0, 0.05) is 17.7 Å². The molecule has 0 radical (unpaired) electrons. The number of hydrogen-bond acceptors (Lipinski definition) is 0. The highest BCUT2D eigenvalue weighted by Crippen LogP contribution is 2.34. The molecule has 0 aliphatic carbocycles. The van der Waals surface area contributed by atoms with Crippen LogP contribution in [0.5, 0.6) is 0 Å². The highest BCUT2D eigenvalue weighted by atomic mass is 14.9. The molecule has 0 atom stereocenters. The second kappa shape index (κ2) is 7.44. The Labute approximate surface area is 167 Å². The summed E-state index contributed by atoms with van der Waals surface area (Å²) >= 11 is 0. The molecule has 0 amide bonds. The van der Waals surface area contributed by atoms with E-state index in [1.165, 1.54) is 50.2 Å². The Morgan fingerprint density at radius 1 is 0.607 bits per heavy atom. The minimum atomic E-state index is 1.23. The maximum absolute atomic E-state index is 2.30. The lowest BCUT2D eigenvalue weighted by molar-refractivity contribution is -0.660. The van der Waals surface area contributed by atoms with Crippen LogP contribution in [0.15, 0.2) is 85.1 Å². The highest BCUT2D eigenvalue weighted by molar-refractivity contribution is 5.79. The summed E-state index contributed by atoms with van der Waals surface area (Å²) in [5.41, 5.74) is 11.6. The molecule has 0 aliphatic heterocycles. The molecule has 0 N–H and O–H groups in total. The van der Waals surface area contributed by atoms with Crippen molar-refractivity contribution < 1.29 is 4.57 Å². The van der Waals surface area contributed by atoms with Gasteiger partial charge in [0.25, 0.3) is 0 Å². The molecule has 3 aromatic carbocycles. The van der Waals surface area contributed by atoms with Crippen LogP contribution in [-0.4, -0.2) is 0 Å². The largest absolute Gasteiger partial charge is 0.212 e. The quantitative estimate of drug-likeness (QED) is 0.368. The highest BCUT2D eigenvalue weighted by Gasteiger charge is 2.15. The first-order valence-corrected chi connectivity index (χ1v) is 9.77. The summed E-state index contributed by atoms with van der Waals surface area (Å²) in [6.07, 6.45) is 2.10. The summed E-state index contributed by atoms with van der Waals surface area (Å²) in [7, 11) is 2.10. The fraction of sp³-hybridized carbons (Fsp3) is 0.148. The third kappa shape index (κ3) is 3.36. The van der Waals surface area contributed by atoms with E-state index < -0.39 is 0 Å². The Morgan fingerprint density at radius 2 is 1.32 bits per heavy atom. The van der Waals surface area contributed by atoms with E-state index in [0.717, 1.165) is 0 Å². The lowest BCUT2D eigenvalue weighted by atomic mass is 9.90. The van der Waals surface area contributed by atoms with E-state index in [-0.39, 0.29) is 0 Å². The first-order valence-electron chi connectivity index (χ1n) is 9.77. The first kappa shape index (κ1) is 18.2. The van der Waals surface area contributed by atoms with Crippen LogP contribution in [-0.2, 0) is 7.05 Å². The first-order chi connectivity index (χ1) is 13.5. The standard InChI is InChI=1S/C27H26N/c1-19-11-13-22(14-12-19)23-15-16-24(20(2)18-23)25-8-7-9-26(21(25)3)27-10-5-6-17-28(27)4/h5-18H,1-4H3/q+1. The topological polar surface area (TPSA) is 3.88 Å². The van der Waals surface area contributed by atoms with Crippen molar-refractivity contribution in [1.82, 2.24) is 0 Å². The van der Waals surface area contributed by atoms with Gasteiger partial charge in [0.15, 0.2) is 6.20 Å². The molecule has 1 heteroatoms. The van der Waals surface area contributed by atoms with Crippen molar-refractivity contribution in [2.45, 2.75) is 20.8 Å². The molecule has 1 nitrogen and oxygen atoms in total. The normalized spacial score (nSPS) is 10.9. The van der Waals surface area contributed by atoms with Crippen LogP contribution in [0, 0.1) is 20.8 Å². The average Bonchev–Trinajstić information content (AvgIpc) is 2.70. The van der Waals surface area contributed by atoms with E-state index in [9.17, 15) is 0 Å². The fourth-order valence-electron chi connectivity index (χ4n) is 3.90. The molecule has 1 aromatic heterocycles. The van der Waals surface area contributed by atoms with Gasteiger partial charge in [-0.3, -0.25) is 0 Å². The van der Waals surface area contributed by atoms with Gasteiger partial charge >= 0.3 is 0 Å². The molecule has 0 bridgehead atoms. The average molecular weight is 365 g/mol.